The number of ketones is 1. The number of ether oxygens (including phenoxy) is 2. The van der Waals surface area contributed by atoms with Crippen LogP contribution in [0.4, 0.5) is 0 Å². The van der Waals surface area contributed by atoms with Crippen molar-refractivity contribution in [2.24, 2.45) is 11.8 Å². The van der Waals surface area contributed by atoms with Gasteiger partial charge in [0.15, 0.2) is 17.3 Å². The van der Waals surface area contributed by atoms with E-state index in [-0.39, 0.29) is 17.6 Å². The van der Waals surface area contributed by atoms with Crippen LogP contribution in [0.25, 0.3) is 0 Å². The number of carbonyl (C=O) groups is 2. The fourth-order valence-corrected chi connectivity index (χ4v) is 3.36. The van der Waals surface area contributed by atoms with Gasteiger partial charge in [-0.2, -0.15) is 0 Å². The first-order chi connectivity index (χ1) is 12.5. The third-order valence-corrected chi connectivity index (χ3v) is 4.86. The molecular formula is C20H28N2O4. The summed E-state index contributed by atoms with van der Waals surface area (Å²) in [5.74, 6) is 2.04. The zero-order chi connectivity index (χ0) is 18.5. The summed E-state index contributed by atoms with van der Waals surface area (Å²) >= 11 is 0. The van der Waals surface area contributed by atoms with Crippen LogP contribution in [-0.4, -0.2) is 56.0 Å². The highest BCUT2D eigenvalue weighted by Gasteiger charge is 2.27. The summed E-state index contributed by atoms with van der Waals surface area (Å²) in [5, 5.41) is 2.94. The number of likely N-dealkylation sites (tertiary alicyclic amines) is 1. The molecule has 0 aliphatic carbocycles. The van der Waals surface area contributed by atoms with E-state index in [1.165, 1.54) is 0 Å². The van der Waals surface area contributed by atoms with Crippen LogP contribution in [0, 0.1) is 11.8 Å². The molecule has 0 saturated carbocycles. The van der Waals surface area contributed by atoms with Crippen molar-refractivity contribution in [3.63, 3.8) is 0 Å². The number of amides is 1. The zero-order valence-electron chi connectivity index (χ0n) is 15.6. The topological polar surface area (TPSA) is 67.9 Å². The normalized spacial score (nSPS) is 18.0. The Balaban J connectivity index is 1.50. The summed E-state index contributed by atoms with van der Waals surface area (Å²) in [4.78, 5) is 26.9. The van der Waals surface area contributed by atoms with E-state index in [9.17, 15) is 9.59 Å². The Hall–Kier alpha value is -2.08. The van der Waals surface area contributed by atoms with E-state index < -0.39 is 0 Å². The van der Waals surface area contributed by atoms with Crippen molar-refractivity contribution >= 4 is 11.7 Å². The minimum absolute atomic E-state index is 0.00698. The van der Waals surface area contributed by atoms with Crippen LogP contribution in [0.5, 0.6) is 11.5 Å². The van der Waals surface area contributed by atoms with Gasteiger partial charge in [-0.05, 0) is 50.0 Å². The molecule has 0 atom stereocenters. The molecule has 26 heavy (non-hydrogen) atoms. The number of carbonyl (C=O) groups excluding carboxylic acids is 2. The maximum Gasteiger partial charge on any atom is 0.234 e. The molecule has 2 aliphatic rings. The van der Waals surface area contributed by atoms with Crippen LogP contribution in [0.3, 0.4) is 0 Å². The minimum atomic E-state index is 0.00698. The monoisotopic (exact) mass is 360 g/mol. The van der Waals surface area contributed by atoms with Gasteiger partial charge in [-0.1, -0.05) is 13.8 Å². The standard InChI is InChI=1S/C20H28N2O4/c1-14(2)12-21-19(23)13-22-7-5-15(6-8-22)20(24)16-3-4-17-18(11-16)26-10-9-25-17/h3-4,11,14-15H,5-10,12-13H2,1-2H3,(H,21,23). The lowest BCUT2D eigenvalue weighted by Crippen LogP contribution is -2.43. The second kappa shape index (κ2) is 8.54. The fourth-order valence-electron chi connectivity index (χ4n) is 3.36. The average molecular weight is 360 g/mol. The van der Waals surface area contributed by atoms with Crippen LogP contribution in [0.2, 0.25) is 0 Å². The van der Waals surface area contributed by atoms with E-state index in [0.29, 0.717) is 49.3 Å². The summed E-state index contributed by atoms with van der Waals surface area (Å²) in [5.41, 5.74) is 0.683. The van der Waals surface area contributed by atoms with Crippen molar-refractivity contribution in [3.8, 4) is 11.5 Å². The number of nitrogens with one attached hydrogen (secondary N) is 1. The van der Waals surface area contributed by atoms with Crippen molar-refractivity contribution in [1.29, 1.82) is 0 Å². The Bertz CT molecular complexity index is 651. The molecule has 6 nitrogen and oxygen atoms in total. The Morgan fingerprint density at radius 1 is 1.15 bits per heavy atom. The van der Waals surface area contributed by atoms with Gasteiger partial charge in [0.05, 0.1) is 6.54 Å². The molecule has 1 saturated heterocycles. The minimum Gasteiger partial charge on any atom is -0.486 e. The van der Waals surface area contributed by atoms with Gasteiger partial charge in [0, 0.05) is 18.0 Å². The van der Waals surface area contributed by atoms with E-state index in [1.54, 1.807) is 6.07 Å². The Labute approximate surface area is 154 Å². The van der Waals surface area contributed by atoms with E-state index in [1.807, 2.05) is 12.1 Å². The van der Waals surface area contributed by atoms with Crippen molar-refractivity contribution < 1.29 is 19.1 Å². The van der Waals surface area contributed by atoms with Crippen molar-refractivity contribution in [1.82, 2.24) is 10.2 Å². The molecule has 2 aliphatic heterocycles. The first kappa shape index (κ1) is 18.7. The van der Waals surface area contributed by atoms with Gasteiger partial charge in [0.2, 0.25) is 5.91 Å². The van der Waals surface area contributed by atoms with Gasteiger partial charge in [-0.3, -0.25) is 14.5 Å². The smallest absolute Gasteiger partial charge is 0.234 e. The molecule has 1 N–H and O–H groups in total. The molecule has 0 bridgehead atoms. The van der Waals surface area contributed by atoms with E-state index in [0.717, 1.165) is 25.9 Å². The Kier molecular flexibility index (Phi) is 6.14. The second-order valence-electron chi connectivity index (χ2n) is 7.47. The van der Waals surface area contributed by atoms with Crippen molar-refractivity contribution in [3.05, 3.63) is 23.8 Å². The predicted octanol–water partition coefficient (Wildman–Crippen LogP) is 2.12. The molecule has 2 heterocycles. The largest absolute Gasteiger partial charge is 0.486 e. The lowest BCUT2D eigenvalue weighted by atomic mass is 9.88. The van der Waals surface area contributed by atoms with E-state index in [2.05, 4.69) is 24.1 Å². The molecular weight excluding hydrogens is 332 g/mol. The summed E-state index contributed by atoms with van der Waals surface area (Å²) in [6, 6.07) is 5.43. The highest BCUT2D eigenvalue weighted by molar-refractivity contribution is 5.98. The molecule has 3 rings (SSSR count). The molecule has 1 amide bonds. The van der Waals surface area contributed by atoms with Gasteiger partial charge >= 0.3 is 0 Å². The number of nitrogens with zero attached hydrogens (tertiary/aromatic N) is 1. The first-order valence-electron chi connectivity index (χ1n) is 9.46. The molecule has 0 spiro atoms. The van der Waals surface area contributed by atoms with Crippen LogP contribution in [-0.2, 0) is 4.79 Å². The third-order valence-electron chi connectivity index (χ3n) is 4.86. The number of fused-ring (bicyclic) bond motifs is 1. The number of hydrogen-bond donors (Lipinski definition) is 1. The lowest BCUT2D eigenvalue weighted by Gasteiger charge is -2.31. The van der Waals surface area contributed by atoms with E-state index in [4.69, 9.17) is 9.47 Å². The van der Waals surface area contributed by atoms with Crippen LogP contribution in [0.1, 0.15) is 37.0 Å². The third kappa shape index (κ3) is 4.75. The zero-order valence-corrected chi connectivity index (χ0v) is 15.6. The number of rotatable bonds is 6. The van der Waals surface area contributed by atoms with Gasteiger partial charge in [0.25, 0.3) is 0 Å². The summed E-state index contributed by atoms with van der Waals surface area (Å²) in [7, 11) is 0. The summed E-state index contributed by atoms with van der Waals surface area (Å²) in [6.07, 6.45) is 1.56. The number of benzene rings is 1. The molecule has 1 aromatic carbocycles. The maximum absolute atomic E-state index is 12.8. The van der Waals surface area contributed by atoms with Crippen molar-refractivity contribution in [2.75, 3.05) is 39.4 Å². The first-order valence-corrected chi connectivity index (χ1v) is 9.46. The lowest BCUT2D eigenvalue weighted by molar-refractivity contribution is -0.122. The fraction of sp³-hybridized carbons (Fsp3) is 0.600. The van der Waals surface area contributed by atoms with Crippen LogP contribution < -0.4 is 14.8 Å². The quantitative estimate of drug-likeness (QED) is 0.787. The van der Waals surface area contributed by atoms with E-state index >= 15 is 0 Å². The maximum atomic E-state index is 12.8. The number of piperidine rings is 1. The van der Waals surface area contributed by atoms with Crippen LogP contribution >= 0.6 is 0 Å². The summed E-state index contributed by atoms with van der Waals surface area (Å²) in [6.45, 7) is 7.89. The average Bonchev–Trinajstić information content (AvgIpc) is 2.66. The molecule has 0 radical (unpaired) electrons. The number of Topliss-reactive ketones (excluding diaryl/α,β-unsaturated/α-hetero) is 1. The predicted molar refractivity (Wildman–Crippen MR) is 98.8 cm³/mol. The number of hydrogen-bond acceptors (Lipinski definition) is 5. The molecule has 1 aromatic rings. The van der Waals surface area contributed by atoms with Crippen molar-refractivity contribution in [2.45, 2.75) is 26.7 Å². The van der Waals surface area contributed by atoms with Crippen LogP contribution in [0.15, 0.2) is 18.2 Å². The van der Waals surface area contributed by atoms with Gasteiger partial charge < -0.3 is 14.8 Å². The highest BCUT2D eigenvalue weighted by Crippen LogP contribution is 2.32. The SMILES string of the molecule is CC(C)CNC(=O)CN1CCC(C(=O)c2ccc3c(c2)OCCO3)CC1. The molecule has 1 fully saturated rings. The Morgan fingerprint density at radius 2 is 1.85 bits per heavy atom. The van der Waals surface area contributed by atoms with Gasteiger partial charge in [-0.15, -0.1) is 0 Å². The second-order valence-corrected chi connectivity index (χ2v) is 7.47. The molecule has 6 heteroatoms. The highest BCUT2D eigenvalue weighted by atomic mass is 16.6. The molecule has 142 valence electrons. The molecule has 0 unspecified atom stereocenters. The molecule has 0 aromatic heterocycles. The van der Waals surface area contributed by atoms with Gasteiger partial charge in [0.1, 0.15) is 13.2 Å². The summed E-state index contributed by atoms with van der Waals surface area (Å²) < 4.78 is 11.1. The van der Waals surface area contributed by atoms with Gasteiger partial charge in [-0.25, -0.2) is 0 Å². The Morgan fingerprint density at radius 3 is 2.54 bits per heavy atom.